The Bertz CT molecular complexity index is 119. The van der Waals surface area contributed by atoms with Crippen molar-refractivity contribution in [1.29, 1.82) is 0 Å². The molecule has 1 aromatic rings. The molecule has 1 nitrogen and oxygen atoms in total. The smallest absolute Gasteiger partial charge is 0.119 e. The van der Waals surface area contributed by atoms with Gasteiger partial charge in [-0.3, -0.25) is 0 Å². The van der Waals surface area contributed by atoms with E-state index in [-0.39, 0.29) is 0 Å². The largest absolute Gasteiger partial charge is 0.303 e. The van der Waals surface area contributed by atoms with Crippen molar-refractivity contribution in [3.05, 3.63) is 36.4 Å². The zero-order chi connectivity index (χ0) is 7.66. The van der Waals surface area contributed by atoms with Gasteiger partial charge in [-0.15, -0.1) is 0 Å². The molecule has 0 atom stereocenters. The molecule has 1 aromatic carbocycles. The third-order valence-electron chi connectivity index (χ3n) is 0.833. The van der Waals surface area contributed by atoms with Crippen LogP contribution in [0.25, 0.3) is 0 Å². The van der Waals surface area contributed by atoms with Crippen LogP contribution in [0.1, 0.15) is 13.3 Å². The maximum atomic E-state index is 9.17. The number of hydrogen-bond donors (Lipinski definition) is 0. The van der Waals surface area contributed by atoms with Crippen LogP contribution in [0, 0.1) is 0 Å². The molecule has 1 heteroatoms. The highest BCUT2D eigenvalue weighted by molar-refractivity contribution is 5.48. The lowest BCUT2D eigenvalue weighted by Crippen LogP contribution is -1.55. The molecule has 0 radical (unpaired) electrons. The topological polar surface area (TPSA) is 17.1 Å². The molecule has 0 amide bonds. The van der Waals surface area contributed by atoms with Gasteiger partial charge < -0.3 is 4.79 Å². The van der Waals surface area contributed by atoms with Crippen molar-refractivity contribution in [2.45, 2.75) is 13.3 Å². The lowest BCUT2D eigenvalue weighted by molar-refractivity contribution is -0.107. The van der Waals surface area contributed by atoms with E-state index in [0.717, 1.165) is 6.29 Å². The number of carbonyl (C=O) groups is 1. The van der Waals surface area contributed by atoms with E-state index in [4.69, 9.17) is 0 Å². The van der Waals surface area contributed by atoms with Gasteiger partial charge in [0.25, 0.3) is 0 Å². The summed E-state index contributed by atoms with van der Waals surface area (Å²) >= 11 is 0. The normalized spacial score (nSPS) is 7.30. The molecule has 0 aromatic heterocycles. The number of rotatable bonds is 1. The van der Waals surface area contributed by atoms with Gasteiger partial charge >= 0.3 is 0 Å². The van der Waals surface area contributed by atoms with E-state index in [1.807, 2.05) is 43.3 Å². The molecule has 0 heterocycles. The molecular formula is C9H12O. The van der Waals surface area contributed by atoms with E-state index in [9.17, 15) is 4.79 Å². The molecule has 0 bridgehead atoms. The Morgan fingerprint density at radius 1 is 1.00 bits per heavy atom. The van der Waals surface area contributed by atoms with E-state index in [1.165, 1.54) is 0 Å². The summed E-state index contributed by atoms with van der Waals surface area (Å²) in [6.07, 6.45) is 1.51. The Balaban J connectivity index is 0.000000180. The van der Waals surface area contributed by atoms with Gasteiger partial charge in [0.2, 0.25) is 0 Å². The fourth-order valence-corrected chi connectivity index (χ4v) is 0.385. The molecule has 0 fully saturated rings. The fraction of sp³-hybridized carbons (Fsp3) is 0.222. The third kappa shape index (κ3) is 6.89. The van der Waals surface area contributed by atoms with Crippen molar-refractivity contribution >= 4 is 6.29 Å². The molecule has 0 spiro atoms. The van der Waals surface area contributed by atoms with Crippen molar-refractivity contribution in [1.82, 2.24) is 0 Å². The van der Waals surface area contributed by atoms with Crippen LogP contribution in [0.15, 0.2) is 36.4 Å². The van der Waals surface area contributed by atoms with Gasteiger partial charge in [0.15, 0.2) is 0 Å². The predicted octanol–water partition coefficient (Wildman–Crippen LogP) is 2.28. The number of aldehydes is 1. The Kier molecular flexibility index (Phi) is 7.01. The minimum absolute atomic E-state index is 0.639. The van der Waals surface area contributed by atoms with Gasteiger partial charge in [-0.25, -0.2) is 0 Å². The van der Waals surface area contributed by atoms with Gasteiger partial charge in [-0.05, 0) is 0 Å². The first-order valence-electron chi connectivity index (χ1n) is 3.35. The van der Waals surface area contributed by atoms with Crippen molar-refractivity contribution in [2.75, 3.05) is 0 Å². The molecular weight excluding hydrogens is 124 g/mol. The van der Waals surface area contributed by atoms with Crippen molar-refractivity contribution < 1.29 is 4.79 Å². The second kappa shape index (κ2) is 7.89. The molecule has 0 N–H and O–H groups in total. The molecule has 0 aliphatic heterocycles. The highest BCUT2D eigenvalue weighted by atomic mass is 16.1. The van der Waals surface area contributed by atoms with Gasteiger partial charge in [0, 0.05) is 6.42 Å². The Morgan fingerprint density at radius 2 is 1.20 bits per heavy atom. The monoisotopic (exact) mass is 136 g/mol. The summed E-state index contributed by atoms with van der Waals surface area (Å²) in [5, 5.41) is 0. The minimum atomic E-state index is 0.639. The fourth-order valence-electron chi connectivity index (χ4n) is 0.385. The van der Waals surface area contributed by atoms with Crippen molar-refractivity contribution in [2.24, 2.45) is 0 Å². The first-order chi connectivity index (χ1) is 4.91. The Labute approximate surface area is 61.7 Å². The van der Waals surface area contributed by atoms with Crippen LogP contribution < -0.4 is 0 Å². The van der Waals surface area contributed by atoms with Crippen LogP contribution in [-0.4, -0.2) is 6.29 Å². The maximum Gasteiger partial charge on any atom is 0.119 e. The molecule has 0 unspecified atom stereocenters. The van der Waals surface area contributed by atoms with Crippen LogP contribution >= 0.6 is 0 Å². The van der Waals surface area contributed by atoms with E-state index < -0.39 is 0 Å². The highest BCUT2D eigenvalue weighted by Crippen LogP contribution is 1.79. The zero-order valence-corrected chi connectivity index (χ0v) is 6.16. The molecule has 54 valence electrons. The summed E-state index contributed by atoms with van der Waals surface area (Å²) in [5.74, 6) is 0. The number of hydrogen-bond acceptors (Lipinski definition) is 1. The molecule has 0 saturated heterocycles. The SMILES string of the molecule is CCC=O.c1ccccc1. The van der Waals surface area contributed by atoms with Gasteiger partial charge in [0.1, 0.15) is 6.29 Å². The standard InChI is InChI=1S/C6H6.C3H6O/c1-2-4-6-5-3-1;1-2-3-4/h1-6H;3H,2H2,1H3. The Morgan fingerprint density at radius 3 is 1.30 bits per heavy atom. The van der Waals surface area contributed by atoms with Gasteiger partial charge in [0.05, 0.1) is 0 Å². The molecule has 10 heavy (non-hydrogen) atoms. The second-order valence-electron chi connectivity index (χ2n) is 1.73. The minimum Gasteiger partial charge on any atom is -0.303 e. The predicted molar refractivity (Wildman–Crippen MR) is 42.8 cm³/mol. The van der Waals surface area contributed by atoms with E-state index in [1.54, 1.807) is 0 Å². The van der Waals surface area contributed by atoms with Crippen molar-refractivity contribution in [3.8, 4) is 0 Å². The number of benzene rings is 1. The summed E-state index contributed by atoms with van der Waals surface area (Å²) in [6, 6.07) is 12.0. The molecule has 0 aliphatic carbocycles. The lowest BCUT2D eigenvalue weighted by Gasteiger charge is -1.69. The molecule has 0 aliphatic rings. The van der Waals surface area contributed by atoms with Gasteiger partial charge in [-0.1, -0.05) is 43.3 Å². The van der Waals surface area contributed by atoms with Crippen molar-refractivity contribution in [3.63, 3.8) is 0 Å². The average Bonchev–Trinajstić information content (AvgIpc) is 2.08. The highest BCUT2D eigenvalue weighted by Gasteiger charge is 1.57. The van der Waals surface area contributed by atoms with Crippen LogP contribution in [0.5, 0.6) is 0 Å². The van der Waals surface area contributed by atoms with E-state index >= 15 is 0 Å². The summed E-state index contributed by atoms with van der Waals surface area (Å²) < 4.78 is 0. The lowest BCUT2D eigenvalue weighted by atomic mass is 10.4. The van der Waals surface area contributed by atoms with Gasteiger partial charge in [-0.2, -0.15) is 0 Å². The summed E-state index contributed by atoms with van der Waals surface area (Å²) in [4.78, 5) is 9.17. The third-order valence-corrected chi connectivity index (χ3v) is 0.833. The summed E-state index contributed by atoms with van der Waals surface area (Å²) in [5.41, 5.74) is 0. The zero-order valence-electron chi connectivity index (χ0n) is 6.16. The first-order valence-corrected chi connectivity index (χ1v) is 3.35. The summed E-state index contributed by atoms with van der Waals surface area (Å²) in [6.45, 7) is 1.81. The van der Waals surface area contributed by atoms with Crippen LogP contribution in [0.4, 0.5) is 0 Å². The second-order valence-corrected chi connectivity index (χ2v) is 1.73. The molecule has 1 rings (SSSR count). The first kappa shape index (κ1) is 8.89. The maximum absolute atomic E-state index is 9.17. The Hall–Kier alpha value is -1.11. The quantitative estimate of drug-likeness (QED) is 0.541. The average molecular weight is 136 g/mol. The molecule has 0 saturated carbocycles. The van der Waals surface area contributed by atoms with Crippen LogP contribution in [-0.2, 0) is 4.79 Å². The summed E-state index contributed by atoms with van der Waals surface area (Å²) in [7, 11) is 0. The number of carbonyl (C=O) groups excluding carboxylic acids is 1. The van der Waals surface area contributed by atoms with Crippen LogP contribution in [0.3, 0.4) is 0 Å². The van der Waals surface area contributed by atoms with Crippen LogP contribution in [0.2, 0.25) is 0 Å². The van der Waals surface area contributed by atoms with E-state index in [0.29, 0.717) is 6.42 Å². The van der Waals surface area contributed by atoms with E-state index in [2.05, 4.69) is 0 Å².